The number of amides is 1. The molecule has 0 spiro atoms. The highest BCUT2D eigenvalue weighted by Gasteiger charge is 2.09. The zero-order valence-electron chi connectivity index (χ0n) is 10.5. The largest absolute Gasteiger partial charge is 0.351 e. The van der Waals surface area contributed by atoms with Gasteiger partial charge in [-0.3, -0.25) is 4.79 Å². The Hall–Kier alpha value is -2.32. The number of carbonyl (C=O) groups excluding carboxylic acids is 1. The summed E-state index contributed by atoms with van der Waals surface area (Å²) in [6.07, 6.45) is 3.45. The van der Waals surface area contributed by atoms with Gasteiger partial charge in [-0.15, -0.1) is 11.3 Å². The SMILES string of the molecule is Cn1cccc1/C=C(\C#N)C(=O)NCc1cccs1. The van der Waals surface area contributed by atoms with E-state index in [2.05, 4.69) is 5.32 Å². The van der Waals surface area contributed by atoms with Crippen molar-refractivity contribution in [3.05, 3.63) is 52.0 Å². The van der Waals surface area contributed by atoms with Crippen LogP contribution < -0.4 is 5.32 Å². The third-order valence-electron chi connectivity index (χ3n) is 2.64. The minimum atomic E-state index is -0.350. The summed E-state index contributed by atoms with van der Waals surface area (Å²) in [6.45, 7) is 0.447. The van der Waals surface area contributed by atoms with E-state index in [0.717, 1.165) is 10.6 Å². The van der Waals surface area contributed by atoms with E-state index >= 15 is 0 Å². The molecule has 0 saturated carbocycles. The number of aryl methyl sites for hydroxylation is 1. The molecule has 0 aliphatic rings. The van der Waals surface area contributed by atoms with Crippen LogP contribution in [0.1, 0.15) is 10.6 Å². The maximum Gasteiger partial charge on any atom is 0.262 e. The van der Waals surface area contributed by atoms with Gasteiger partial charge < -0.3 is 9.88 Å². The number of thiophene rings is 1. The smallest absolute Gasteiger partial charge is 0.262 e. The minimum Gasteiger partial charge on any atom is -0.351 e. The highest BCUT2D eigenvalue weighted by atomic mass is 32.1. The molecule has 2 rings (SSSR count). The Bertz CT molecular complexity index is 632. The van der Waals surface area contributed by atoms with Gasteiger partial charge in [0.2, 0.25) is 0 Å². The first-order chi connectivity index (χ1) is 9.20. The third kappa shape index (κ3) is 3.33. The predicted molar refractivity (Wildman–Crippen MR) is 75.2 cm³/mol. The van der Waals surface area contributed by atoms with Gasteiger partial charge in [-0.1, -0.05) is 6.07 Å². The molecule has 0 unspecified atom stereocenters. The summed E-state index contributed by atoms with van der Waals surface area (Å²) in [7, 11) is 1.87. The minimum absolute atomic E-state index is 0.110. The molecule has 0 fully saturated rings. The molecule has 4 nitrogen and oxygen atoms in total. The van der Waals surface area contributed by atoms with Crippen LogP contribution in [0.15, 0.2) is 41.4 Å². The maximum atomic E-state index is 11.9. The van der Waals surface area contributed by atoms with Crippen molar-refractivity contribution in [2.75, 3.05) is 0 Å². The van der Waals surface area contributed by atoms with Crippen molar-refractivity contribution in [1.82, 2.24) is 9.88 Å². The Balaban J connectivity index is 2.06. The van der Waals surface area contributed by atoms with E-state index in [1.807, 2.05) is 53.5 Å². The van der Waals surface area contributed by atoms with Crippen LogP contribution in [-0.4, -0.2) is 10.5 Å². The molecule has 2 heterocycles. The fourth-order valence-electron chi connectivity index (χ4n) is 1.60. The second-order valence-corrected chi connectivity index (χ2v) is 5.01. The van der Waals surface area contributed by atoms with Crippen molar-refractivity contribution in [2.24, 2.45) is 7.05 Å². The Kier molecular flexibility index (Phi) is 4.16. The molecule has 0 aliphatic carbocycles. The molecule has 1 amide bonds. The molecule has 2 aromatic rings. The molecular weight excluding hydrogens is 258 g/mol. The Morgan fingerprint density at radius 1 is 1.53 bits per heavy atom. The number of hydrogen-bond acceptors (Lipinski definition) is 3. The average molecular weight is 271 g/mol. The van der Waals surface area contributed by atoms with Crippen LogP contribution >= 0.6 is 11.3 Å². The fourth-order valence-corrected chi connectivity index (χ4v) is 2.24. The average Bonchev–Trinajstić information content (AvgIpc) is 3.05. The molecule has 19 heavy (non-hydrogen) atoms. The van der Waals surface area contributed by atoms with E-state index in [1.165, 1.54) is 0 Å². The molecule has 0 atom stereocenters. The molecule has 1 N–H and O–H groups in total. The normalized spacial score (nSPS) is 11.1. The summed E-state index contributed by atoms with van der Waals surface area (Å²) in [6, 6.07) is 9.52. The number of rotatable bonds is 4. The van der Waals surface area contributed by atoms with Gasteiger partial charge in [0.1, 0.15) is 11.6 Å². The van der Waals surface area contributed by atoms with Crippen molar-refractivity contribution >= 4 is 23.3 Å². The molecule has 0 aromatic carbocycles. The van der Waals surface area contributed by atoms with Gasteiger partial charge in [-0.05, 0) is 29.7 Å². The first-order valence-electron chi connectivity index (χ1n) is 5.74. The number of aromatic nitrogens is 1. The van der Waals surface area contributed by atoms with E-state index in [-0.39, 0.29) is 11.5 Å². The molecule has 0 aliphatic heterocycles. The summed E-state index contributed by atoms with van der Waals surface area (Å²) in [4.78, 5) is 13.0. The van der Waals surface area contributed by atoms with Crippen LogP contribution in [0.4, 0.5) is 0 Å². The standard InChI is InChI=1S/C14H13N3OS/c1-17-6-2-4-12(17)8-11(9-15)14(18)16-10-13-5-3-7-19-13/h2-8H,10H2,1H3,(H,16,18)/b11-8+. The molecule has 96 valence electrons. The van der Waals surface area contributed by atoms with Crippen LogP contribution in [0.5, 0.6) is 0 Å². The van der Waals surface area contributed by atoms with Crippen molar-refractivity contribution in [3.8, 4) is 6.07 Å². The molecule has 0 bridgehead atoms. The van der Waals surface area contributed by atoms with Gasteiger partial charge in [0.25, 0.3) is 5.91 Å². The number of hydrogen-bond donors (Lipinski definition) is 1. The second kappa shape index (κ2) is 6.03. The van der Waals surface area contributed by atoms with E-state index in [1.54, 1.807) is 17.4 Å². The van der Waals surface area contributed by atoms with Gasteiger partial charge in [0.05, 0.1) is 6.54 Å². The van der Waals surface area contributed by atoms with Crippen molar-refractivity contribution in [1.29, 1.82) is 5.26 Å². The fraction of sp³-hybridized carbons (Fsp3) is 0.143. The second-order valence-electron chi connectivity index (χ2n) is 3.98. The molecule has 0 radical (unpaired) electrons. The van der Waals surface area contributed by atoms with E-state index < -0.39 is 0 Å². The zero-order valence-corrected chi connectivity index (χ0v) is 11.3. The van der Waals surface area contributed by atoms with Gasteiger partial charge in [-0.2, -0.15) is 5.26 Å². The lowest BCUT2D eigenvalue weighted by Crippen LogP contribution is -2.23. The summed E-state index contributed by atoms with van der Waals surface area (Å²) in [5.41, 5.74) is 0.932. The molecule has 2 aromatic heterocycles. The number of nitrogens with one attached hydrogen (secondary N) is 1. The third-order valence-corrected chi connectivity index (χ3v) is 3.52. The van der Waals surface area contributed by atoms with Gasteiger partial charge >= 0.3 is 0 Å². The zero-order chi connectivity index (χ0) is 13.7. The van der Waals surface area contributed by atoms with Crippen LogP contribution in [0.2, 0.25) is 0 Å². The maximum absolute atomic E-state index is 11.9. The molecule has 5 heteroatoms. The number of nitriles is 1. The Labute approximate surface area is 115 Å². The lowest BCUT2D eigenvalue weighted by atomic mass is 10.2. The van der Waals surface area contributed by atoms with E-state index in [0.29, 0.717) is 6.54 Å². The highest BCUT2D eigenvalue weighted by molar-refractivity contribution is 7.09. The lowest BCUT2D eigenvalue weighted by Gasteiger charge is -2.03. The van der Waals surface area contributed by atoms with Crippen LogP contribution in [0.3, 0.4) is 0 Å². The van der Waals surface area contributed by atoms with Crippen molar-refractivity contribution in [2.45, 2.75) is 6.54 Å². The molecular formula is C14H13N3OS. The van der Waals surface area contributed by atoms with Crippen LogP contribution in [0, 0.1) is 11.3 Å². The van der Waals surface area contributed by atoms with Crippen molar-refractivity contribution in [3.63, 3.8) is 0 Å². The Morgan fingerprint density at radius 2 is 2.37 bits per heavy atom. The summed E-state index contributed by atoms with van der Waals surface area (Å²) >= 11 is 1.57. The predicted octanol–water partition coefficient (Wildman–Crippen LogP) is 2.31. The topological polar surface area (TPSA) is 57.8 Å². The summed E-state index contributed by atoms with van der Waals surface area (Å²) in [5.74, 6) is -0.350. The van der Waals surface area contributed by atoms with Crippen LogP contribution in [0.25, 0.3) is 6.08 Å². The monoisotopic (exact) mass is 271 g/mol. The van der Waals surface area contributed by atoms with Gasteiger partial charge in [-0.25, -0.2) is 0 Å². The highest BCUT2D eigenvalue weighted by Crippen LogP contribution is 2.09. The first-order valence-corrected chi connectivity index (χ1v) is 6.62. The first kappa shape index (κ1) is 13.1. The number of nitrogens with zero attached hydrogens (tertiary/aromatic N) is 2. The molecule has 0 saturated heterocycles. The Morgan fingerprint density at radius 3 is 2.95 bits per heavy atom. The van der Waals surface area contributed by atoms with E-state index in [9.17, 15) is 4.79 Å². The summed E-state index contributed by atoms with van der Waals surface area (Å²) < 4.78 is 1.85. The number of carbonyl (C=O) groups is 1. The van der Waals surface area contributed by atoms with E-state index in [4.69, 9.17) is 5.26 Å². The lowest BCUT2D eigenvalue weighted by molar-refractivity contribution is -0.117. The summed E-state index contributed by atoms with van der Waals surface area (Å²) in [5, 5.41) is 13.7. The van der Waals surface area contributed by atoms with Crippen molar-refractivity contribution < 1.29 is 4.79 Å². The van der Waals surface area contributed by atoms with Gasteiger partial charge in [0.15, 0.2) is 0 Å². The quantitative estimate of drug-likeness (QED) is 0.685. The van der Waals surface area contributed by atoms with Gasteiger partial charge in [0, 0.05) is 23.8 Å². The van der Waals surface area contributed by atoms with Crippen LogP contribution in [-0.2, 0) is 18.4 Å².